The zero-order chi connectivity index (χ0) is 23.9. The summed E-state index contributed by atoms with van der Waals surface area (Å²) in [5.41, 5.74) is 6.32. The molecule has 0 saturated heterocycles. The number of carboxylic acid groups (broad SMARTS) is 1. The minimum Gasteiger partial charge on any atom is -0.481 e. The van der Waals surface area contributed by atoms with E-state index in [-0.39, 0.29) is 26.1 Å². The predicted octanol–water partition coefficient (Wildman–Crippen LogP) is 4.46. The van der Waals surface area contributed by atoms with Crippen molar-refractivity contribution < 1.29 is 29.0 Å². The van der Waals surface area contributed by atoms with E-state index in [1.54, 1.807) is 12.1 Å². The number of carboxylic acids is 1. The molecule has 3 aromatic carbocycles. The highest BCUT2D eigenvalue weighted by Gasteiger charge is 2.25. The lowest BCUT2D eigenvalue weighted by atomic mass is 10.0. The molecule has 0 aliphatic heterocycles. The summed E-state index contributed by atoms with van der Waals surface area (Å²) in [6.07, 6.45) is -0.441. The maximum absolute atomic E-state index is 12.5. The maximum Gasteiger partial charge on any atom is 0.408 e. The number of fused-ring (bicyclic) bond motifs is 3. The summed E-state index contributed by atoms with van der Waals surface area (Å²) >= 11 is 0. The first-order chi connectivity index (χ1) is 16.5. The van der Waals surface area contributed by atoms with Crippen LogP contribution in [0.15, 0.2) is 72.8 Å². The van der Waals surface area contributed by atoms with Gasteiger partial charge in [-0.15, -0.1) is 0 Å². The Bertz CT molecular complexity index is 1190. The molecule has 0 spiro atoms. The topological polar surface area (TPSA) is 102 Å². The van der Waals surface area contributed by atoms with Gasteiger partial charge in [-0.2, -0.15) is 0 Å². The second-order valence-electron chi connectivity index (χ2n) is 8.08. The van der Waals surface area contributed by atoms with Crippen LogP contribution >= 0.6 is 0 Å². The van der Waals surface area contributed by atoms with Crippen LogP contribution in [0, 0.1) is 0 Å². The number of alkyl carbamates (subject to hydrolysis) is 1. The van der Waals surface area contributed by atoms with E-state index in [1.165, 1.54) is 11.1 Å². The van der Waals surface area contributed by atoms with Crippen LogP contribution in [-0.4, -0.2) is 29.2 Å². The normalized spacial score (nSPS) is 12.2. The Balaban J connectivity index is 1.36. The number of carbonyl (C=O) groups excluding carboxylic acids is 2. The predicted molar refractivity (Wildman–Crippen MR) is 125 cm³/mol. The molecule has 1 aliphatic rings. The molecule has 1 amide bonds. The summed E-state index contributed by atoms with van der Waals surface area (Å²) in [4.78, 5) is 36.0. The number of hydrogen-bond acceptors (Lipinski definition) is 5. The van der Waals surface area contributed by atoms with Crippen molar-refractivity contribution in [3.8, 4) is 11.1 Å². The fourth-order valence-electron chi connectivity index (χ4n) is 4.03. The van der Waals surface area contributed by atoms with Gasteiger partial charge in [0.15, 0.2) is 0 Å². The molecule has 0 fully saturated rings. The van der Waals surface area contributed by atoms with Gasteiger partial charge in [-0.3, -0.25) is 4.79 Å². The summed E-state index contributed by atoms with van der Waals surface area (Å²) in [6, 6.07) is 22.0. The molecule has 0 heterocycles. The molecule has 34 heavy (non-hydrogen) atoms. The molecule has 4 rings (SSSR count). The number of esters is 1. The quantitative estimate of drug-likeness (QED) is 0.358. The number of ether oxygens (including phenoxy) is 2. The smallest absolute Gasteiger partial charge is 0.408 e. The Hall–Kier alpha value is -4.13. The first kappa shape index (κ1) is 23.0. The molecule has 7 nitrogen and oxygen atoms in total. The minimum absolute atomic E-state index is 0.0245. The SMILES string of the molecule is O=C(O)CCC(NC(=O)OCc1cccc2c1Cc1ccccc1-2)C(=O)OCc1ccccc1. The second-order valence-corrected chi connectivity index (χ2v) is 8.08. The molecule has 0 bridgehead atoms. The number of carbonyl (C=O) groups is 3. The summed E-state index contributed by atoms with van der Waals surface area (Å²) < 4.78 is 10.7. The van der Waals surface area contributed by atoms with Crippen molar-refractivity contribution in [1.29, 1.82) is 0 Å². The van der Waals surface area contributed by atoms with Crippen LogP contribution in [0.4, 0.5) is 4.79 Å². The Labute approximate surface area is 197 Å². The van der Waals surface area contributed by atoms with Crippen molar-refractivity contribution in [2.75, 3.05) is 0 Å². The van der Waals surface area contributed by atoms with E-state index >= 15 is 0 Å². The molecular formula is C27H25NO6. The Morgan fingerprint density at radius 1 is 0.853 bits per heavy atom. The standard InChI is InChI=1S/C27H25NO6/c29-25(30)14-13-24(26(31)33-16-18-7-2-1-3-8-18)28-27(32)34-17-20-10-6-12-22-21-11-5-4-9-19(21)15-23(20)22/h1-12,24H,13-17H2,(H,28,32)(H,29,30). The van der Waals surface area contributed by atoms with Gasteiger partial charge in [-0.1, -0.05) is 72.8 Å². The van der Waals surface area contributed by atoms with Crippen molar-refractivity contribution >= 4 is 18.0 Å². The lowest BCUT2D eigenvalue weighted by Gasteiger charge is -2.17. The lowest BCUT2D eigenvalue weighted by molar-refractivity contribution is -0.148. The number of benzene rings is 3. The molecule has 2 N–H and O–H groups in total. The molecular weight excluding hydrogens is 434 g/mol. The molecule has 1 atom stereocenters. The van der Waals surface area contributed by atoms with Gasteiger partial charge in [0.05, 0.1) is 0 Å². The molecule has 0 radical (unpaired) electrons. The van der Waals surface area contributed by atoms with Crippen LogP contribution in [0.25, 0.3) is 11.1 Å². The lowest BCUT2D eigenvalue weighted by Crippen LogP contribution is -2.42. The monoisotopic (exact) mass is 459 g/mol. The number of rotatable bonds is 9. The third-order valence-corrected chi connectivity index (χ3v) is 5.75. The van der Waals surface area contributed by atoms with E-state index in [0.29, 0.717) is 0 Å². The second kappa shape index (κ2) is 10.7. The zero-order valence-corrected chi connectivity index (χ0v) is 18.5. The van der Waals surface area contributed by atoms with Crippen LogP contribution in [0.2, 0.25) is 0 Å². The molecule has 3 aromatic rings. The average molecular weight is 459 g/mol. The van der Waals surface area contributed by atoms with Crippen LogP contribution in [0.5, 0.6) is 0 Å². The molecule has 174 valence electrons. The highest BCUT2D eigenvalue weighted by Crippen LogP contribution is 2.38. The summed E-state index contributed by atoms with van der Waals surface area (Å²) in [7, 11) is 0. The minimum atomic E-state index is -1.13. The van der Waals surface area contributed by atoms with Gasteiger partial charge in [0.2, 0.25) is 0 Å². The third kappa shape index (κ3) is 5.61. The highest BCUT2D eigenvalue weighted by molar-refractivity contribution is 5.82. The van der Waals surface area contributed by atoms with E-state index in [4.69, 9.17) is 14.6 Å². The van der Waals surface area contributed by atoms with Crippen LogP contribution < -0.4 is 5.32 Å². The maximum atomic E-state index is 12.5. The van der Waals surface area contributed by atoms with Gasteiger partial charge < -0.3 is 19.9 Å². The average Bonchev–Trinajstić information content (AvgIpc) is 3.23. The van der Waals surface area contributed by atoms with E-state index in [2.05, 4.69) is 23.5 Å². The van der Waals surface area contributed by atoms with Gasteiger partial charge in [-0.05, 0) is 46.2 Å². The number of aliphatic carboxylic acids is 1. The summed E-state index contributed by atoms with van der Waals surface area (Å²) in [6.45, 7) is 0.0599. The van der Waals surface area contributed by atoms with E-state index < -0.39 is 24.1 Å². The van der Waals surface area contributed by atoms with E-state index in [1.807, 2.05) is 42.5 Å². The van der Waals surface area contributed by atoms with E-state index in [0.717, 1.165) is 28.7 Å². The van der Waals surface area contributed by atoms with Crippen molar-refractivity contribution in [2.24, 2.45) is 0 Å². The Kier molecular flexibility index (Phi) is 7.22. The van der Waals surface area contributed by atoms with Crippen LogP contribution in [0.3, 0.4) is 0 Å². The first-order valence-electron chi connectivity index (χ1n) is 11.1. The van der Waals surface area contributed by atoms with E-state index in [9.17, 15) is 14.4 Å². The van der Waals surface area contributed by atoms with Crippen molar-refractivity contribution in [3.63, 3.8) is 0 Å². The fourth-order valence-corrected chi connectivity index (χ4v) is 4.03. The van der Waals surface area contributed by atoms with Crippen molar-refractivity contribution in [2.45, 2.75) is 38.5 Å². The molecule has 1 aliphatic carbocycles. The van der Waals surface area contributed by atoms with Gasteiger partial charge in [-0.25, -0.2) is 9.59 Å². The van der Waals surface area contributed by atoms with Gasteiger partial charge in [0, 0.05) is 6.42 Å². The zero-order valence-electron chi connectivity index (χ0n) is 18.5. The van der Waals surface area contributed by atoms with Crippen LogP contribution in [0.1, 0.15) is 35.1 Å². The number of amides is 1. The van der Waals surface area contributed by atoms with Crippen molar-refractivity contribution in [1.82, 2.24) is 5.32 Å². The number of nitrogens with one attached hydrogen (secondary N) is 1. The van der Waals surface area contributed by atoms with Gasteiger partial charge in [0.25, 0.3) is 0 Å². The summed E-state index contributed by atoms with van der Waals surface area (Å²) in [5.74, 6) is -1.78. The first-order valence-corrected chi connectivity index (χ1v) is 11.1. The fraction of sp³-hybridized carbons (Fsp3) is 0.222. The molecule has 7 heteroatoms. The molecule has 0 saturated carbocycles. The number of hydrogen-bond donors (Lipinski definition) is 2. The van der Waals surface area contributed by atoms with Crippen LogP contribution in [-0.2, 0) is 38.7 Å². The van der Waals surface area contributed by atoms with Crippen molar-refractivity contribution in [3.05, 3.63) is 95.1 Å². The Morgan fingerprint density at radius 3 is 2.38 bits per heavy atom. The molecule has 0 aromatic heterocycles. The highest BCUT2D eigenvalue weighted by atomic mass is 16.6. The Morgan fingerprint density at radius 2 is 1.59 bits per heavy atom. The largest absolute Gasteiger partial charge is 0.481 e. The van der Waals surface area contributed by atoms with Gasteiger partial charge >= 0.3 is 18.0 Å². The summed E-state index contributed by atoms with van der Waals surface area (Å²) in [5, 5.41) is 11.5. The molecule has 1 unspecified atom stereocenters. The van der Waals surface area contributed by atoms with Gasteiger partial charge in [0.1, 0.15) is 19.3 Å². The third-order valence-electron chi connectivity index (χ3n) is 5.75.